The summed E-state index contributed by atoms with van der Waals surface area (Å²) >= 11 is 11.7. The third-order valence-electron chi connectivity index (χ3n) is 2.98. The highest BCUT2D eigenvalue weighted by Crippen LogP contribution is 2.29. The van der Waals surface area contributed by atoms with Crippen molar-refractivity contribution < 1.29 is 28.8 Å². The van der Waals surface area contributed by atoms with E-state index in [1.807, 2.05) is 0 Å². The van der Waals surface area contributed by atoms with E-state index in [1.165, 1.54) is 25.1 Å². The molecule has 1 atom stereocenters. The van der Waals surface area contributed by atoms with Crippen molar-refractivity contribution in [2.45, 2.75) is 13.3 Å². The number of benzene rings is 1. The number of carbonyl (C=O) groups excluding carboxylic acids is 4. The molecule has 0 aliphatic carbocycles. The van der Waals surface area contributed by atoms with E-state index in [0.29, 0.717) is 0 Å². The third-order valence-corrected chi connectivity index (χ3v) is 3.55. The van der Waals surface area contributed by atoms with Crippen molar-refractivity contribution in [3.8, 4) is 0 Å². The van der Waals surface area contributed by atoms with E-state index in [2.05, 4.69) is 9.57 Å². The summed E-state index contributed by atoms with van der Waals surface area (Å²) in [5.74, 6) is 1.34. The van der Waals surface area contributed by atoms with Crippen LogP contribution in [0.3, 0.4) is 0 Å². The molecule has 0 bridgehead atoms. The Bertz CT molecular complexity index is 648. The van der Waals surface area contributed by atoms with Crippen molar-refractivity contribution in [1.29, 1.82) is 0 Å². The molecule has 124 valence electrons. The quantitative estimate of drug-likeness (QED) is 0.258. The second-order valence-electron chi connectivity index (χ2n) is 4.44. The van der Waals surface area contributed by atoms with Gasteiger partial charge in [-0.1, -0.05) is 23.2 Å². The monoisotopic (exact) mass is 361 g/mol. The zero-order chi connectivity index (χ0) is 17.6. The fourth-order valence-corrected chi connectivity index (χ4v) is 2.19. The number of rotatable bonds is 7. The van der Waals surface area contributed by atoms with Crippen LogP contribution in [0, 0.1) is 5.41 Å². The molecule has 0 radical (unpaired) electrons. The number of ketones is 1. The van der Waals surface area contributed by atoms with Gasteiger partial charge >= 0.3 is 11.9 Å². The molecule has 0 fully saturated rings. The largest absolute Gasteiger partial charge is 0.465 e. The molecule has 7 nitrogen and oxygen atoms in total. The molecular formula is C14H13Cl2NO6. The number of nitrogens with two attached hydrogens (primary N) is 1. The van der Waals surface area contributed by atoms with Crippen LogP contribution in [0.15, 0.2) is 18.2 Å². The minimum atomic E-state index is -2.51. The Kier molecular flexibility index (Phi) is 6.68. The van der Waals surface area contributed by atoms with E-state index in [1.54, 1.807) is 0 Å². The Labute approximate surface area is 141 Å². The summed E-state index contributed by atoms with van der Waals surface area (Å²) in [5.41, 5.74) is -2.56. The van der Waals surface area contributed by atoms with Crippen molar-refractivity contribution in [2.75, 3.05) is 6.61 Å². The summed E-state index contributed by atoms with van der Waals surface area (Å²) in [4.78, 5) is 51.5. The Morgan fingerprint density at radius 1 is 1.26 bits per heavy atom. The Morgan fingerprint density at radius 2 is 1.91 bits per heavy atom. The second-order valence-corrected chi connectivity index (χ2v) is 5.28. The SMILES string of the molecule is CCOC(=O)C(C=O)(CC(=O)c1cc(Cl)ccc1Cl)C(=O)ON. The highest BCUT2D eigenvalue weighted by atomic mass is 35.5. The van der Waals surface area contributed by atoms with Gasteiger partial charge in [0.05, 0.1) is 11.6 Å². The molecule has 0 heterocycles. The first-order valence-corrected chi connectivity index (χ1v) is 7.11. The van der Waals surface area contributed by atoms with Crippen LogP contribution in [0.5, 0.6) is 0 Å². The van der Waals surface area contributed by atoms with Crippen LogP contribution in [0.2, 0.25) is 10.0 Å². The molecule has 0 aliphatic rings. The summed E-state index contributed by atoms with van der Waals surface area (Å²) in [6, 6.07) is 4.07. The molecule has 1 rings (SSSR count). The van der Waals surface area contributed by atoms with Crippen LogP contribution < -0.4 is 5.90 Å². The van der Waals surface area contributed by atoms with Crippen LogP contribution in [0.25, 0.3) is 0 Å². The average Bonchev–Trinajstić information content (AvgIpc) is 2.54. The number of esters is 1. The van der Waals surface area contributed by atoms with E-state index in [9.17, 15) is 19.2 Å². The molecule has 0 amide bonds. The molecule has 0 saturated carbocycles. The van der Waals surface area contributed by atoms with Crippen molar-refractivity contribution >= 4 is 47.2 Å². The Hall–Kier alpha value is -1.96. The molecule has 2 N–H and O–H groups in total. The number of hydrogen-bond acceptors (Lipinski definition) is 7. The molecular weight excluding hydrogens is 349 g/mol. The minimum absolute atomic E-state index is 0.0312. The maximum Gasteiger partial charge on any atom is 0.349 e. The summed E-state index contributed by atoms with van der Waals surface area (Å²) in [6.45, 7) is 1.36. The normalized spacial score (nSPS) is 12.9. The molecule has 0 saturated heterocycles. The predicted octanol–water partition coefficient (Wildman–Crippen LogP) is 1.73. The van der Waals surface area contributed by atoms with Crippen molar-refractivity contribution in [2.24, 2.45) is 11.3 Å². The topological polar surface area (TPSA) is 113 Å². The van der Waals surface area contributed by atoms with Crippen molar-refractivity contribution in [3.63, 3.8) is 0 Å². The van der Waals surface area contributed by atoms with E-state index in [4.69, 9.17) is 29.1 Å². The van der Waals surface area contributed by atoms with Gasteiger partial charge in [-0.05, 0) is 25.1 Å². The van der Waals surface area contributed by atoms with Crippen molar-refractivity contribution in [3.05, 3.63) is 33.8 Å². The van der Waals surface area contributed by atoms with Gasteiger partial charge in [-0.25, -0.2) is 4.79 Å². The number of hydrogen-bond donors (Lipinski definition) is 1. The lowest BCUT2D eigenvalue weighted by atomic mass is 9.82. The van der Waals surface area contributed by atoms with E-state index in [-0.39, 0.29) is 28.5 Å². The maximum atomic E-state index is 12.4. The Balaban J connectivity index is 3.26. The fraction of sp³-hybridized carbons (Fsp3) is 0.286. The number of halogens is 2. The highest BCUT2D eigenvalue weighted by molar-refractivity contribution is 6.36. The Morgan fingerprint density at radius 3 is 2.43 bits per heavy atom. The summed E-state index contributed by atoms with van der Waals surface area (Å²) < 4.78 is 4.67. The van der Waals surface area contributed by atoms with E-state index in [0.717, 1.165) is 0 Å². The predicted molar refractivity (Wildman–Crippen MR) is 80.8 cm³/mol. The van der Waals surface area contributed by atoms with Gasteiger partial charge in [0.1, 0.15) is 6.29 Å². The molecule has 1 aromatic rings. The molecule has 9 heteroatoms. The van der Waals surface area contributed by atoms with Crippen LogP contribution >= 0.6 is 23.2 Å². The summed E-state index contributed by atoms with van der Waals surface area (Å²) in [6.07, 6.45) is -0.887. The smallest absolute Gasteiger partial charge is 0.349 e. The van der Waals surface area contributed by atoms with Crippen LogP contribution in [-0.2, 0) is 24.0 Å². The first-order valence-electron chi connectivity index (χ1n) is 6.35. The number of Topliss-reactive ketones (excluding diaryl/α,β-unsaturated/α-hetero) is 1. The maximum absolute atomic E-state index is 12.4. The van der Waals surface area contributed by atoms with Crippen LogP contribution in [0.1, 0.15) is 23.7 Å². The molecule has 0 aromatic heterocycles. The van der Waals surface area contributed by atoms with Gasteiger partial charge in [-0.3, -0.25) is 9.59 Å². The molecule has 1 aromatic carbocycles. The number of aldehydes is 1. The number of ether oxygens (including phenoxy) is 1. The van der Waals surface area contributed by atoms with Gasteiger partial charge in [0.15, 0.2) is 5.78 Å². The summed E-state index contributed by atoms with van der Waals surface area (Å²) in [7, 11) is 0. The standard InChI is InChI=1S/C14H13Cl2NO6/c1-2-22-12(20)14(7-18,13(21)23-17)6-11(19)9-5-8(15)3-4-10(9)16/h3-5,7H,2,6,17H2,1H3. The lowest BCUT2D eigenvalue weighted by molar-refractivity contribution is -0.172. The minimum Gasteiger partial charge on any atom is -0.465 e. The average molecular weight is 362 g/mol. The molecule has 0 spiro atoms. The molecule has 1 unspecified atom stereocenters. The van der Waals surface area contributed by atoms with E-state index < -0.39 is 29.6 Å². The van der Waals surface area contributed by atoms with Gasteiger partial charge in [-0.2, -0.15) is 5.90 Å². The lowest BCUT2D eigenvalue weighted by Gasteiger charge is -2.21. The third kappa shape index (κ3) is 4.07. The zero-order valence-electron chi connectivity index (χ0n) is 12.0. The lowest BCUT2D eigenvalue weighted by Crippen LogP contribution is -2.46. The number of carbonyl (C=O) groups is 4. The van der Waals surface area contributed by atoms with Crippen molar-refractivity contribution in [1.82, 2.24) is 0 Å². The first-order chi connectivity index (χ1) is 10.8. The molecule has 0 aliphatic heterocycles. The van der Waals surface area contributed by atoms with Gasteiger partial charge in [0.25, 0.3) is 0 Å². The first kappa shape index (κ1) is 19.1. The van der Waals surface area contributed by atoms with Gasteiger partial charge in [-0.15, -0.1) is 0 Å². The van der Waals surface area contributed by atoms with Crippen LogP contribution in [0.4, 0.5) is 0 Å². The summed E-state index contributed by atoms with van der Waals surface area (Å²) in [5, 5.41) is 0.260. The van der Waals surface area contributed by atoms with Gasteiger partial charge in [0, 0.05) is 17.0 Å². The van der Waals surface area contributed by atoms with Crippen LogP contribution in [-0.4, -0.2) is 30.6 Å². The second kappa shape index (κ2) is 8.05. The van der Waals surface area contributed by atoms with Gasteiger partial charge < -0.3 is 14.4 Å². The highest BCUT2D eigenvalue weighted by Gasteiger charge is 2.51. The van der Waals surface area contributed by atoms with E-state index >= 15 is 0 Å². The zero-order valence-corrected chi connectivity index (χ0v) is 13.5. The fourth-order valence-electron chi connectivity index (χ4n) is 1.79. The van der Waals surface area contributed by atoms with Gasteiger partial charge in [0.2, 0.25) is 5.41 Å². The molecule has 23 heavy (non-hydrogen) atoms.